The van der Waals surface area contributed by atoms with Crippen LogP contribution in [0, 0.1) is 0 Å². The number of rotatable bonds is 4. The number of hydrogen-bond donors (Lipinski definition) is 2. The van der Waals surface area contributed by atoms with E-state index in [-0.39, 0.29) is 17.5 Å². The Hall–Kier alpha value is -3.49. The van der Waals surface area contributed by atoms with Gasteiger partial charge in [0.1, 0.15) is 12.0 Å². The largest absolute Gasteiger partial charge is 0.351 e. The highest BCUT2D eigenvalue weighted by molar-refractivity contribution is 5.93. The van der Waals surface area contributed by atoms with E-state index in [1.54, 1.807) is 6.33 Å². The molecule has 5 heterocycles. The lowest BCUT2D eigenvalue weighted by Crippen LogP contribution is -2.59. The van der Waals surface area contributed by atoms with Gasteiger partial charge in [-0.05, 0) is 38.3 Å². The molecule has 0 bridgehead atoms. The molecular weight excluding hydrogens is 380 g/mol. The number of aromatic nitrogens is 6. The van der Waals surface area contributed by atoms with E-state index in [1.165, 1.54) is 0 Å². The lowest BCUT2D eigenvalue weighted by molar-refractivity contribution is -0.136. The van der Waals surface area contributed by atoms with Gasteiger partial charge < -0.3 is 15.2 Å². The molecule has 1 aliphatic heterocycles. The molecule has 2 aliphatic rings. The molecule has 152 valence electrons. The van der Waals surface area contributed by atoms with Crippen LogP contribution in [-0.4, -0.2) is 58.5 Å². The number of fused-ring (bicyclic) bond motifs is 2. The van der Waals surface area contributed by atoms with E-state index in [1.807, 2.05) is 35.1 Å². The Morgan fingerprint density at radius 3 is 3.03 bits per heavy atom. The van der Waals surface area contributed by atoms with Crippen molar-refractivity contribution in [3.05, 3.63) is 37.1 Å². The van der Waals surface area contributed by atoms with Crippen LogP contribution in [0.5, 0.6) is 0 Å². The van der Waals surface area contributed by atoms with Crippen LogP contribution >= 0.6 is 0 Å². The number of carbonyl (C=O) groups excluding carboxylic acids is 1. The van der Waals surface area contributed by atoms with Gasteiger partial charge >= 0.3 is 0 Å². The molecule has 6 rings (SSSR count). The molecule has 1 aliphatic carbocycles. The van der Waals surface area contributed by atoms with Crippen molar-refractivity contribution in [1.82, 2.24) is 34.4 Å². The summed E-state index contributed by atoms with van der Waals surface area (Å²) in [6.07, 6.45) is 11.0. The molecular formula is C21H22N8O. The van der Waals surface area contributed by atoms with Gasteiger partial charge in [-0.3, -0.25) is 9.20 Å². The molecule has 4 aromatic rings. The van der Waals surface area contributed by atoms with Crippen molar-refractivity contribution in [3.8, 4) is 11.1 Å². The normalized spacial score (nSPS) is 24.0. The Bertz CT molecular complexity index is 1270. The number of nitrogens with zero attached hydrogens (tertiary/aromatic N) is 6. The van der Waals surface area contributed by atoms with E-state index in [4.69, 9.17) is 0 Å². The predicted molar refractivity (Wildman–Crippen MR) is 112 cm³/mol. The van der Waals surface area contributed by atoms with Gasteiger partial charge in [0.2, 0.25) is 11.9 Å². The molecule has 9 nitrogen and oxygen atoms in total. The number of carbonyl (C=O) groups is 1. The SMILES string of the molecule is C[C@]1(N2CCCC2=O)C[C@H](Nc2ncc3c(-c4ccc5nncn5c4)c[nH]c3n2)C1. The van der Waals surface area contributed by atoms with Gasteiger partial charge in [0.15, 0.2) is 5.65 Å². The average Bonchev–Trinajstić information content (AvgIpc) is 3.44. The van der Waals surface area contributed by atoms with E-state index in [2.05, 4.69) is 42.3 Å². The van der Waals surface area contributed by atoms with Crippen LogP contribution in [-0.2, 0) is 4.79 Å². The van der Waals surface area contributed by atoms with Gasteiger partial charge in [-0.2, -0.15) is 4.98 Å². The van der Waals surface area contributed by atoms with E-state index < -0.39 is 0 Å². The summed E-state index contributed by atoms with van der Waals surface area (Å²) in [5, 5.41) is 12.4. The smallest absolute Gasteiger partial charge is 0.224 e. The van der Waals surface area contributed by atoms with E-state index in [0.717, 1.165) is 53.6 Å². The summed E-state index contributed by atoms with van der Waals surface area (Å²) >= 11 is 0. The van der Waals surface area contributed by atoms with Gasteiger partial charge in [-0.25, -0.2) is 4.98 Å². The number of anilines is 1. The standard InChI is InChI=1S/C21H22N8O/c1-21(29-6-2-3-18(29)30)7-14(8-21)25-20-23-10-16-15(9-22-19(16)26-20)13-4-5-17-27-24-12-28(17)11-13/h4-5,9-12,14H,2-3,6-8H2,1H3,(H2,22,23,25,26)/t14-,21-. The molecule has 0 aromatic carbocycles. The lowest BCUT2D eigenvalue weighted by atomic mass is 9.73. The number of pyridine rings is 1. The Morgan fingerprint density at radius 1 is 1.30 bits per heavy atom. The first-order valence-corrected chi connectivity index (χ1v) is 10.3. The Balaban J connectivity index is 1.20. The van der Waals surface area contributed by atoms with Crippen LogP contribution in [0.3, 0.4) is 0 Å². The minimum atomic E-state index is -0.0320. The monoisotopic (exact) mass is 402 g/mol. The molecule has 1 saturated carbocycles. The van der Waals surface area contributed by atoms with Crippen molar-refractivity contribution < 1.29 is 4.79 Å². The lowest BCUT2D eigenvalue weighted by Gasteiger charge is -2.51. The topological polar surface area (TPSA) is 104 Å². The molecule has 1 saturated heterocycles. The number of H-pyrrole nitrogens is 1. The summed E-state index contributed by atoms with van der Waals surface area (Å²) in [7, 11) is 0. The first-order chi connectivity index (χ1) is 14.6. The quantitative estimate of drug-likeness (QED) is 0.544. The van der Waals surface area contributed by atoms with Crippen molar-refractivity contribution in [2.75, 3.05) is 11.9 Å². The molecule has 4 aromatic heterocycles. The van der Waals surface area contributed by atoms with Gasteiger partial charge in [0, 0.05) is 59.7 Å². The third kappa shape index (κ3) is 2.65. The minimum absolute atomic E-state index is 0.0320. The second-order valence-corrected chi connectivity index (χ2v) is 8.57. The number of amides is 1. The molecule has 1 amide bonds. The Kier molecular flexibility index (Phi) is 3.62. The maximum Gasteiger partial charge on any atom is 0.224 e. The summed E-state index contributed by atoms with van der Waals surface area (Å²) in [6.45, 7) is 3.07. The zero-order valence-electron chi connectivity index (χ0n) is 16.7. The highest BCUT2D eigenvalue weighted by Gasteiger charge is 2.48. The highest BCUT2D eigenvalue weighted by atomic mass is 16.2. The van der Waals surface area contributed by atoms with Gasteiger partial charge in [0.25, 0.3) is 0 Å². The van der Waals surface area contributed by atoms with Crippen molar-refractivity contribution in [2.24, 2.45) is 0 Å². The summed E-state index contributed by atoms with van der Waals surface area (Å²) < 4.78 is 1.89. The molecule has 0 radical (unpaired) electrons. The molecule has 0 atom stereocenters. The van der Waals surface area contributed by atoms with Crippen molar-refractivity contribution in [2.45, 2.75) is 44.2 Å². The Labute approximate surface area is 172 Å². The van der Waals surface area contributed by atoms with Crippen molar-refractivity contribution in [1.29, 1.82) is 0 Å². The Morgan fingerprint density at radius 2 is 2.20 bits per heavy atom. The number of nitrogens with one attached hydrogen (secondary N) is 2. The molecule has 0 spiro atoms. The number of hydrogen-bond acceptors (Lipinski definition) is 6. The highest BCUT2D eigenvalue weighted by Crippen LogP contribution is 2.41. The van der Waals surface area contributed by atoms with Gasteiger partial charge in [-0.15, -0.1) is 10.2 Å². The third-order valence-electron chi connectivity index (χ3n) is 6.46. The first kappa shape index (κ1) is 17.4. The van der Waals surface area contributed by atoms with E-state index in [0.29, 0.717) is 12.4 Å². The fraction of sp³-hybridized carbons (Fsp3) is 0.381. The van der Waals surface area contributed by atoms with E-state index in [9.17, 15) is 4.79 Å². The molecule has 2 N–H and O–H groups in total. The third-order valence-corrected chi connectivity index (χ3v) is 6.46. The molecule has 0 unspecified atom stereocenters. The van der Waals surface area contributed by atoms with Crippen molar-refractivity contribution >= 4 is 28.5 Å². The minimum Gasteiger partial charge on any atom is -0.351 e. The van der Waals surface area contributed by atoms with Crippen molar-refractivity contribution in [3.63, 3.8) is 0 Å². The summed E-state index contributed by atoms with van der Waals surface area (Å²) in [5.41, 5.74) is 3.65. The van der Waals surface area contributed by atoms with E-state index >= 15 is 0 Å². The average molecular weight is 402 g/mol. The van der Waals surface area contributed by atoms with Crippen LogP contribution < -0.4 is 5.32 Å². The zero-order valence-corrected chi connectivity index (χ0v) is 16.7. The second-order valence-electron chi connectivity index (χ2n) is 8.57. The molecule has 9 heteroatoms. The fourth-order valence-corrected chi connectivity index (χ4v) is 4.93. The summed E-state index contributed by atoms with van der Waals surface area (Å²) in [5.74, 6) is 0.905. The van der Waals surface area contributed by atoms with Crippen LogP contribution in [0.4, 0.5) is 5.95 Å². The number of likely N-dealkylation sites (tertiary alicyclic amines) is 1. The number of aromatic amines is 1. The predicted octanol–water partition coefficient (Wildman–Crippen LogP) is 2.62. The summed E-state index contributed by atoms with van der Waals surface area (Å²) in [4.78, 5) is 26.6. The maximum absolute atomic E-state index is 12.1. The zero-order chi connectivity index (χ0) is 20.3. The maximum atomic E-state index is 12.1. The van der Waals surface area contributed by atoms with Gasteiger partial charge in [-0.1, -0.05) is 0 Å². The van der Waals surface area contributed by atoms with Crippen LogP contribution in [0.25, 0.3) is 27.8 Å². The fourth-order valence-electron chi connectivity index (χ4n) is 4.93. The van der Waals surface area contributed by atoms with Gasteiger partial charge in [0.05, 0.1) is 0 Å². The van der Waals surface area contributed by atoms with Crippen LogP contribution in [0.2, 0.25) is 0 Å². The summed E-state index contributed by atoms with van der Waals surface area (Å²) in [6, 6.07) is 4.25. The first-order valence-electron chi connectivity index (χ1n) is 10.3. The second kappa shape index (κ2) is 6.25. The molecule has 2 fully saturated rings. The molecule has 30 heavy (non-hydrogen) atoms. The van der Waals surface area contributed by atoms with Crippen LogP contribution in [0.1, 0.15) is 32.6 Å². The van der Waals surface area contributed by atoms with Crippen LogP contribution in [0.15, 0.2) is 37.1 Å².